The summed E-state index contributed by atoms with van der Waals surface area (Å²) in [5.41, 5.74) is 1.06. The highest BCUT2D eigenvalue weighted by atomic mass is 79.9. The van der Waals surface area contributed by atoms with Crippen molar-refractivity contribution in [2.75, 3.05) is 6.54 Å². The Kier molecular flexibility index (Phi) is 5.02. The minimum Gasteiger partial charge on any atom is -0.322 e. The van der Waals surface area contributed by atoms with Crippen molar-refractivity contribution in [3.63, 3.8) is 0 Å². The van der Waals surface area contributed by atoms with E-state index in [1.807, 2.05) is 35.2 Å². The van der Waals surface area contributed by atoms with E-state index in [0.717, 1.165) is 29.4 Å². The molecule has 1 unspecified atom stereocenters. The number of halogens is 1. The van der Waals surface area contributed by atoms with Crippen molar-refractivity contribution in [3.8, 4) is 0 Å². The van der Waals surface area contributed by atoms with Crippen LogP contribution in [0.25, 0.3) is 6.08 Å². The number of rotatable bonds is 2. The molecule has 1 fully saturated rings. The van der Waals surface area contributed by atoms with Crippen LogP contribution in [0.1, 0.15) is 31.7 Å². The lowest BCUT2D eigenvalue weighted by Gasteiger charge is -2.32. The van der Waals surface area contributed by atoms with Gasteiger partial charge in [0.25, 0.3) is 0 Å². The van der Waals surface area contributed by atoms with Gasteiger partial charge in [0, 0.05) is 23.3 Å². The number of nitrogens with one attached hydrogen (secondary N) is 1. The maximum atomic E-state index is 12.0. The topological polar surface area (TPSA) is 32.3 Å². The van der Waals surface area contributed by atoms with Gasteiger partial charge in [-0.25, -0.2) is 4.79 Å². The van der Waals surface area contributed by atoms with Crippen molar-refractivity contribution < 1.29 is 4.79 Å². The highest BCUT2D eigenvalue weighted by Gasteiger charge is 2.22. The monoisotopic (exact) mass is 322 g/mol. The molecule has 1 saturated heterocycles. The molecule has 1 aromatic carbocycles. The number of hydrogen-bond donors (Lipinski definition) is 1. The fraction of sp³-hybridized carbons (Fsp3) is 0.400. The highest BCUT2D eigenvalue weighted by Crippen LogP contribution is 2.16. The van der Waals surface area contributed by atoms with Gasteiger partial charge < -0.3 is 10.2 Å². The summed E-state index contributed by atoms with van der Waals surface area (Å²) in [5.74, 6) is 0. The molecule has 102 valence electrons. The van der Waals surface area contributed by atoms with Crippen LogP contribution in [0.3, 0.4) is 0 Å². The van der Waals surface area contributed by atoms with E-state index in [-0.39, 0.29) is 6.03 Å². The summed E-state index contributed by atoms with van der Waals surface area (Å²) in [6.45, 7) is 2.97. The molecular weight excluding hydrogens is 304 g/mol. The van der Waals surface area contributed by atoms with Gasteiger partial charge in [0.1, 0.15) is 0 Å². The van der Waals surface area contributed by atoms with Crippen molar-refractivity contribution in [1.29, 1.82) is 0 Å². The average Bonchev–Trinajstić information content (AvgIpc) is 2.41. The molecule has 2 rings (SSSR count). The van der Waals surface area contributed by atoms with Crippen LogP contribution in [-0.4, -0.2) is 23.5 Å². The van der Waals surface area contributed by atoms with Crippen molar-refractivity contribution in [2.24, 2.45) is 0 Å². The molecule has 0 bridgehead atoms. The first kappa shape index (κ1) is 14.1. The Labute approximate surface area is 122 Å². The van der Waals surface area contributed by atoms with Crippen LogP contribution in [-0.2, 0) is 0 Å². The number of amides is 2. The van der Waals surface area contributed by atoms with E-state index in [0.29, 0.717) is 6.04 Å². The van der Waals surface area contributed by atoms with E-state index >= 15 is 0 Å². The van der Waals surface area contributed by atoms with Crippen LogP contribution in [0.4, 0.5) is 4.79 Å². The third-order valence-corrected chi connectivity index (χ3v) is 3.95. The summed E-state index contributed by atoms with van der Waals surface area (Å²) < 4.78 is 1.05. The standard InChI is InChI=1S/C15H19BrN2O/c1-12-4-2-3-11-18(12)15(19)17-10-9-13-5-7-14(16)8-6-13/h5-10,12H,2-4,11H2,1H3,(H,17,19)/b10-9+. The van der Waals surface area contributed by atoms with Crippen molar-refractivity contribution in [2.45, 2.75) is 32.2 Å². The molecule has 1 aromatic rings. The molecule has 0 aromatic heterocycles. The number of piperidine rings is 1. The van der Waals surface area contributed by atoms with Crippen LogP contribution >= 0.6 is 15.9 Å². The predicted molar refractivity (Wildman–Crippen MR) is 81.7 cm³/mol. The predicted octanol–water partition coefficient (Wildman–Crippen LogP) is 4.00. The number of carbonyl (C=O) groups is 1. The normalized spacial score (nSPS) is 19.7. The Morgan fingerprint density at radius 2 is 2.11 bits per heavy atom. The van der Waals surface area contributed by atoms with Crippen LogP contribution in [0, 0.1) is 0 Å². The molecule has 0 radical (unpaired) electrons. The van der Waals surface area contributed by atoms with Gasteiger partial charge in [-0.1, -0.05) is 28.1 Å². The van der Waals surface area contributed by atoms with Gasteiger partial charge in [-0.3, -0.25) is 0 Å². The Morgan fingerprint density at radius 3 is 2.79 bits per heavy atom. The van der Waals surface area contributed by atoms with Crippen molar-refractivity contribution >= 4 is 28.0 Å². The van der Waals surface area contributed by atoms with Crippen LogP contribution < -0.4 is 5.32 Å². The SMILES string of the molecule is CC1CCCCN1C(=O)N/C=C/c1ccc(Br)cc1. The molecule has 1 aliphatic rings. The summed E-state index contributed by atoms with van der Waals surface area (Å²) >= 11 is 3.40. The van der Waals surface area contributed by atoms with Gasteiger partial charge in [-0.05, 0) is 50.0 Å². The number of urea groups is 1. The molecule has 3 nitrogen and oxygen atoms in total. The first-order valence-electron chi connectivity index (χ1n) is 6.66. The molecule has 0 spiro atoms. The lowest BCUT2D eigenvalue weighted by atomic mass is 10.0. The number of nitrogens with zero attached hydrogens (tertiary/aromatic N) is 1. The zero-order chi connectivity index (χ0) is 13.7. The van der Waals surface area contributed by atoms with Crippen LogP contribution in [0.15, 0.2) is 34.9 Å². The second-order valence-corrected chi connectivity index (χ2v) is 5.79. The summed E-state index contributed by atoms with van der Waals surface area (Å²) in [7, 11) is 0. The van der Waals surface area contributed by atoms with Gasteiger partial charge in [-0.15, -0.1) is 0 Å². The third kappa shape index (κ3) is 4.10. The third-order valence-electron chi connectivity index (χ3n) is 3.42. The van der Waals surface area contributed by atoms with Gasteiger partial charge in [0.2, 0.25) is 0 Å². The first-order valence-corrected chi connectivity index (χ1v) is 7.45. The van der Waals surface area contributed by atoms with Gasteiger partial charge in [0.05, 0.1) is 0 Å². The molecule has 4 heteroatoms. The summed E-state index contributed by atoms with van der Waals surface area (Å²) in [5, 5.41) is 2.84. The molecule has 2 amide bonds. The Bertz CT molecular complexity index is 456. The highest BCUT2D eigenvalue weighted by molar-refractivity contribution is 9.10. The molecule has 1 N–H and O–H groups in total. The van der Waals surface area contributed by atoms with Crippen molar-refractivity contribution in [1.82, 2.24) is 10.2 Å². The molecule has 0 aliphatic carbocycles. The first-order chi connectivity index (χ1) is 9.16. The largest absolute Gasteiger partial charge is 0.322 e. The van der Waals surface area contributed by atoms with E-state index < -0.39 is 0 Å². The smallest absolute Gasteiger partial charge is 0.321 e. The molecule has 1 atom stereocenters. The zero-order valence-electron chi connectivity index (χ0n) is 11.1. The van der Waals surface area contributed by atoms with Crippen LogP contribution in [0.5, 0.6) is 0 Å². The Balaban J connectivity index is 1.87. The maximum absolute atomic E-state index is 12.0. The second kappa shape index (κ2) is 6.75. The number of likely N-dealkylation sites (tertiary alicyclic amines) is 1. The maximum Gasteiger partial charge on any atom is 0.321 e. The lowest BCUT2D eigenvalue weighted by molar-refractivity contribution is 0.161. The van der Waals surface area contributed by atoms with Crippen LogP contribution in [0.2, 0.25) is 0 Å². The van der Waals surface area contributed by atoms with E-state index in [1.54, 1.807) is 6.20 Å². The number of benzene rings is 1. The molecular formula is C15H19BrN2O. The molecule has 1 heterocycles. The van der Waals surface area contributed by atoms with E-state index in [4.69, 9.17) is 0 Å². The molecule has 1 aliphatic heterocycles. The van der Waals surface area contributed by atoms with Gasteiger partial charge in [-0.2, -0.15) is 0 Å². The Hall–Kier alpha value is -1.29. The summed E-state index contributed by atoms with van der Waals surface area (Å²) in [6.07, 6.45) is 7.05. The van der Waals surface area contributed by atoms with E-state index in [9.17, 15) is 4.79 Å². The lowest BCUT2D eigenvalue weighted by Crippen LogP contribution is -2.46. The van der Waals surface area contributed by atoms with Gasteiger partial charge in [0.15, 0.2) is 0 Å². The van der Waals surface area contributed by atoms with E-state index in [1.165, 1.54) is 6.42 Å². The quantitative estimate of drug-likeness (QED) is 0.876. The van der Waals surface area contributed by atoms with Crippen molar-refractivity contribution in [3.05, 3.63) is 40.5 Å². The molecule has 0 saturated carbocycles. The van der Waals surface area contributed by atoms with Gasteiger partial charge >= 0.3 is 6.03 Å². The average molecular weight is 323 g/mol. The fourth-order valence-corrected chi connectivity index (χ4v) is 2.53. The number of carbonyl (C=O) groups excluding carboxylic acids is 1. The van der Waals surface area contributed by atoms with E-state index in [2.05, 4.69) is 28.2 Å². The summed E-state index contributed by atoms with van der Waals surface area (Å²) in [4.78, 5) is 13.9. The fourth-order valence-electron chi connectivity index (χ4n) is 2.27. The molecule has 19 heavy (non-hydrogen) atoms. The summed E-state index contributed by atoms with van der Waals surface area (Å²) in [6, 6.07) is 8.30. The Morgan fingerprint density at radius 1 is 1.37 bits per heavy atom. The minimum atomic E-state index is 0.000520. The minimum absolute atomic E-state index is 0.000520. The second-order valence-electron chi connectivity index (χ2n) is 4.87. The number of hydrogen-bond acceptors (Lipinski definition) is 1. The zero-order valence-corrected chi connectivity index (χ0v) is 12.7.